The first-order chi connectivity index (χ1) is 27.5. The predicted molar refractivity (Wildman–Crippen MR) is 242 cm³/mol. The molecule has 0 saturated carbocycles. The fourth-order valence-electron chi connectivity index (χ4n) is 6.77. The molecule has 0 rings (SSSR count). The van der Waals surface area contributed by atoms with Gasteiger partial charge < -0.3 is 28.8 Å². The van der Waals surface area contributed by atoms with Crippen molar-refractivity contribution in [2.75, 3.05) is 40.9 Å². The Balaban J connectivity index is 4.41. The molecule has 0 saturated heterocycles. The van der Waals surface area contributed by atoms with Crippen LogP contribution in [-0.2, 0) is 18.4 Å². The first-order valence-electron chi connectivity index (χ1n) is 23.9. The number of hydrogen-bond acceptors (Lipinski definition) is 6. The van der Waals surface area contributed by atoms with Crippen LogP contribution in [0.1, 0.15) is 213 Å². The summed E-state index contributed by atoms with van der Waals surface area (Å²) < 4.78 is 23.2. The third-order valence-corrected chi connectivity index (χ3v) is 11.5. The van der Waals surface area contributed by atoms with Crippen molar-refractivity contribution in [3.63, 3.8) is 0 Å². The van der Waals surface area contributed by atoms with E-state index < -0.39 is 26.6 Å². The van der Waals surface area contributed by atoms with Crippen molar-refractivity contribution in [2.45, 2.75) is 225 Å². The Morgan fingerprint density at radius 2 is 0.982 bits per heavy atom. The summed E-state index contributed by atoms with van der Waals surface area (Å²) in [5.74, 6) is -0.211. The quantitative estimate of drug-likeness (QED) is 0.0274. The second kappa shape index (κ2) is 40.1. The van der Waals surface area contributed by atoms with E-state index in [1.54, 1.807) is 6.08 Å². The molecule has 3 unspecified atom stereocenters. The molecule has 0 aromatic heterocycles. The number of aliphatic hydroxyl groups is 1. The molecule has 0 fully saturated rings. The van der Waals surface area contributed by atoms with Crippen molar-refractivity contribution in [1.82, 2.24) is 5.32 Å². The molecule has 57 heavy (non-hydrogen) atoms. The van der Waals surface area contributed by atoms with Gasteiger partial charge in [-0.05, 0) is 44.9 Å². The molecule has 3 atom stereocenters. The molecule has 0 spiro atoms. The van der Waals surface area contributed by atoms with Crippen molar-refractivity contribution >= 4 is 13.7 Å². The first kappa shape index (κ1) is 55.7. The summed E-state index contributed by atoms with van der Waals surface area (Å²) in [7, 11) is 1.24. The Bertz CT molecular complexity index is 1030. The topological polar surface area (TPSA) is 108 Å². The van der Waals surface area contributed by atoms with Crippen LogP contribution in [0.15, 0.2) is 36.5 Å². The van der Waals surface area contributed by atoms with E-state index in [2.05, 4.69) is 43.5 Å². The summed E-state index contributed by atoms with van der Waals surface area (Å²) in [4.78, 5) is 25.3. The summed E-state index contributed by atoms with van der Waals surface area (Å²) in [5, 5.41) is 13.8. The number of carbonyl (C=O) groups excluding carboxylic acids is 1. The van der Waals surface area contributed by atoms with Crippen LogP contribution < -0.4 is 10.2 Å². The van der Waals surface area contributed by atoms with E-state index in [9.17, 15) is 19.4 Å². The van der Waals surface area contributed by atoms with E-state index in [1.807, 2.05) is 27.2 Å². The van der Waals surface area contributed by atoms with E-state index in [0.717, 1.165) is 44.9 Å². The SMILES string of the molecule is CCCCCCCCCCCCCC/C=C/CC/C=C/CC/C=C/C(O)C(COP(=O)([O-])OCC[N+](C)(C)C)NC(=O)CCCCCCCCCCCCCCC. The van der Waals surface area contributed by atoms with Crippen LogP contribution in [0, 0.1) is 0 Å². The van der Waals surface area contributed by atoms with Gasteiger partial charge in [0, 0.05) is 6.42 Å². The van der Waals surface area contributed by atoms with Crippen LogP contribution in [0.5, 0.6) is 0 Å². The zero-order valence-electron chi connectivity index (χ0n) is 38.0. The number of rotatable bonds is 43. The minimum atomic E-state index is -4.60. The summed E-state index contributed by atoms with van der Waals surface area (Å²) >= 11 is 0. The number of phosphoric ester groups is 1. The molecule has 0 aliphatic rings. The molecule has 1 amide bonds. The number of nitrogens with one attached hydrogen (secondary N) is 1. The molecular weight excluding hydrogens is 732 g/mol. The number of quaternary nitrogens is 1. The summed E-state index contributed by atoms with van der Waals surface area (Å²) in [5.41, 5.74) is 0. The van der Waals surface area contributed by atoms with Gasteiger partial charge in [-0.1, -0.05) is 198 Å². The Labute approximate surface area is 353 Å². The van der Waals surface area contributed by atoms with Crippen molar-refractivity contribution in [1.29, 1.82) is 0 Å². The van der Waals surface area contributed by atoms with Crippen molar-refractivity contribution in [3.8, 4) is 0 Å². The van der Waals surface area contributed by atoms with Crippen LogP contribution >= 0.6 is 7.82 Å². The number of allylic oxidation sites excluding steroid dienone is 5. The molecule has 0 aliphatic heterocycles. The van der Waals surface area contributed by atoms with Crippen LogP contribution in [0.4, 0.5) is 0 Å². The maximum absolute atomic E-state index is 12.8. The minimum Gasteiger partial charge on any atom is -0.756 e. The number of hydrogen-bond donors (Lipinski definition) is 2. The lowest BCUT2D eigenvalue weighted by Crippen LogP contribution is -2.45. The third-order valence-electron chi connectivity index (χ3n) is 10.6. The Kier molecular flexibility index (Phi) is 39.2. The number of phosphoric acid groups is 1. The highest BCUT2D eigenvalue weighted by atomic mass is 31.2. The summed E-state index contributed by atoms with van der Waals surface area (Å²) in [6.45, 7) is 4.62. The molecule has 0 aromatic carbocycles. The lowest BCUT2D eigenvalue weighted by molar-refractivity contribution is -0.870. The van der Waals surface area contributed by atoms with E-state index in [1.165, 1.54) is 148 Å². The fourth-order valence-corrected chi connectivity index (χ4v) is 7.50. The van der Waals surface area contributed by atoms with E-state index in [-0.39, 0.29) is 12.5 Å². The zero-order chi connectivity index (χ0) is 42.1. The van der Waals surface area contributed by atoms with Crippen LogP contribution in [-0.4, -0.2) is 68.5 Å². The van der Waals surface area contributed by atoms with Gasteiger partial charge in [0.15, 0.2) is 0 Å². The van der Waals surface area contributed by atoms with Gasteiger partial charge in [0.25, 0.3) is 7.82 Å². The van der Waals surface area contributed by atoms with E-state index in [4.69, 9.17) is 9.05 Å². The second-order valence-electron chi connectivity index (χ2n) is 17.5. The van der Waals surface area contributed by atoms with Crippen LogP contribution in [0.3, 0.4) is 0 Å². The maximum atomic E-state index is 12.8. The molecule has 336 valence electrons. The number of carbonyl (C=O) groups is 1. The molecule has 0 bridgehead atoms. The second-order valence-corrected chi connectivity index (χ2v) is 18.9. The maximum Gasteiger partial charge on any atom is 0.268 e. The van der Waals surface area contributed by atoms with Gasteiger partial charge in [-0.3, -0.25) is 9.36 Å². The number of likely N-dealkylation sites (N-methyl/N-ethyl adjacent to an activating group) is 1. The minimum absolute atomic E-state index is 0.00785. The van der Waals surface area contributed by atoms with Gasteiger partial charge in [-0.2, -0.15) is 0 Å². The molecule has 8 nitrogen and oxygen atoms in total. The highest BCUT2D eigenvalue weighted by Gasteiger charge is 2.23. The number of unbranched alkanes of at least 4 members (excludes halogenated alkanes) is 26. The normalized spacial score (nSPS) is 14.6. The lowest BCUT2D eigenvalue weighted by atomic mass is 10.0. The van der Waals surface area contributed by atoms with Gasteiger partial charge in [0.05, 0.1) is 39.9 Å². The lowest BCUT2D eigenvalue weighted by Gasteiger charge is -2.29. The molecule has 0 heterocycles. The fraction of sp³-hybridized carbons (Fsp3) is 0.854. The Hall–Kier alpha value is -1.28. The molecular formula is C48H93N2O6P. The highest BCUT2D eigenvalue weighted by molar-refractivity contribution is 7.45. The van der Waals surface area contributed by atoms with Crippen LogP contribution in [0.2, 0.25) is 0 Å². The van der Waals surface area contributed by atoms with Gasteiger partial charge in [-0.15, -0.1) is 0 Å². The average Bonchev–Trinajstić information content (AvgIpc) is 3.16. The van der Waals surface area contributed by atoms with E-state index in [0.29, 0.717) is 17.4 Å². The van der Waals surface area contributed by atoms with Gasteiger partial charge in [0.1, 0.15) is 13.2 Å². The monoisotopic (exact) mass is 825 g/mol. The van der Waals surface area contributed by atoms with Crippen molar-refractivity contribution in [3.05, 3.63) is 36.5 Å². The standard InChI is InChI=1S/C48H93N2O6P/c1-6-8-10-12-14-16-18-20-21-22-23-24-25-26-27-28-30-31-33-35-37-39-41-47(51)46(45-56-57(53,54)55-44-43-50(3,4)5)49-48(52)42-40-38-36-34-32-29-19-17-15-13-11-9-7-2/h26-27,31,33,39,41,46-47,51H,6-25,28-30,32,34-38,40,42-45H2,1-5H3,(H-,49,52,53,54)/b27-26+,33-31+,41-39+. The molecule has 0 aliphatic carbocycles. The molecule has 0 aromatic rings. The Morgan fingerprint density at radius 3 is 1.42 bits per heavy atom. The van der Waals surface area contributed by atoms with Gasteiger partial charge in [0.2, 0.25) is 5.91 Å². The predicted octanol–water partition coefficient (Wildman–Crippen LogP) is 12.8. The summed E-state index contributed by atoms with van der Waals surface area (Å²) in [6.07, 6.45) is 49.1. The summed E-state index contributed by atoms with van der Waals surface area (Å²) in [6, 6.07) is -0.905. The van der Waals surface area contributed by atoms with Crippen LogP contribution in [0.25, 0.3) is 0 Å². The van der Waals surface area contributed by atoms with E-state index >= 15 is 0 Å². The third kappa shape index (κ3) is 42.6. The average molecular weight is 825 g/mol. The number of nitrogens with zero attached hydrogens (tertiary/aromatic N) is 1. The molecule has 9 heteroatoms. The smallest absolute Gasteiger partial charge is 0.268 e. The van der Waals surface area contributed by atoms with Gasteiger partial charge >= 0.3 is 0 Å². The first-order valence-corrected chi connectivity index (χ1v) is 25.3. The number of aliphatic hydroxyl groups excluding tert-OH is 1. The number of amides is 1. The van der Waals surface area contributed by atoms with Gasteiger partial charge in [-0.25, -0.2) is 0 Å². The van der Waals surface area contributed by atoms with Crippen molar-refractivity contribution < 1.29 is 32.9 Å². The molecule has 2 N–H and O–H groups in total. The van der Waals surface area contributed by atoms with Crippen molar-refractivity contribution in [2.24, 2.45) is 0 Å². The zero-order valence-corrected chi connectivity index (χ0v) is 38.9. The largest absolute Gasteiger partial charge is 0.756 e. The highest BCUT2D eigenvalue weighted by Crippen LogP contribution is 2.38. The Morgan fingerprint density at radius 1 is 0.596 bits per heavy atom. The molecule has 0 radical (unpaired) electrons.